The molecule has 0 aromatic heterocycles. The molecule has 1 N–H and O–H groups in total. The number of nitro benzene ring substituents is 1. The first-order valence-electron chi connectivity index (χ1n) is 6.25. The third-order valence-corrected chi connectivity index (χ3v) is 4.48. The predicted molar refractivity (Wildman–Crippen MR) is 79.8 cm³/mol. The first kappa shape index (κ1) is 15.9. The van der Waals surface area contributed by atoms with Gasteiger partial charge in [-0.2, -0.15) is 0 Å². The molecule has 0 atom stereocenters. The van der Waals surface area contributed by atoms with E-state index in [9.17, 15) is 22.9 Å². The molecule has 8 heteroatoms. The van der Waals surface area contributed by atoms with Crippen molar-refractivity contribution in [2.24, 2.45) is 0 Å². The Labute approximate surface area is 126 Å². The fourth-order valence-corrected chi connectivity index (χ4v) is 3.05. The average Bonchev–Trinajstić information content (AvgIpc) is 2.42. The topological polar surface area (TPSA) is 89.3 Å². The van der Waals surface area contributed by atoms with Crippen LogP contribution in [-0.2, 0) is 10.0 Å². The Hall–Kier alpha value is -2.48. The van der Waals surface area contributed by atoms with Crippen LogP contribution >= 0.6 is 0 Å². The number of sulfonamides is 1. The first-order chi connectivity index (χ1) is 10.2. The molecule has 0 fully saturated rings. The third kappa shape index (κ3) is 3.22. The highest BCUT2D eigenvalue weighted by atomic mass is 32.2. The highest BCUT2D eigenvalue weighted by Gasteiger charge is 2.20. The van der Waals surface area contributed by atoms with Gasteiger partial charge < -0.3 is 0 Å². The first-order valence-corrected chi connectivity index (χ1v) is 7.73. The highest BCUT2D eigenvalue weighted by Crippen LogP contribution is 2.25. The molecule has 0 aliphatic heterocycles. The number of nitrogens with zero attached hydrogens (tertiary/aromatic N) is 1. The average molecular weight is 324 g/mol. The number of hydrogen-bond acceptors (Lipinski definition) is 4. The molecule has 0 spiro atoms. The van der Waals surface area contributed by atoms with Gasteiger partial charge in [-0.05, 0) is 43.7 Å². The maximum atomic E-state index is 13.0. The van der Waals surface area contributed by atoms with E-state index in [1.54, 1.807) is 6.92 Å². The molecule has 2 aromatic carbocycles. The summed E-state index contributed by atoms with van der Waals surface area (Å²) in [7, 11) is -4.00. The van der Waals surface area contributed by atoms with Crippen molar-refractivity contribution in [2.45, 2.75) is 18.7 Å². The monoisotopic (exact) mass is 324 g/mol. The third-order valence-electron chi connectivity index (χ3n) is 3.12. The Bertz CT molecular complexity index is 850. The minimum atomic E-state index is -4.00. The molecule has 0 aliphatic rings. The minimum Gasteiger partial charge on any atom is -0.279 e. The summed E-state index contributed by atoms with van der Waals surface area (Å²) in [5.74, 6) is -0.480. The number of anilines is 1. The fourth-order valence-electron chi connectivity index (χ4n) is 1.90. The van der Waals surface area contributed by atoms with Crippen molar-refractivity contribution in [1.82, 2.24) is 0 Å². The van der Waals surface area contributed by atoms with Crippen LogP contribution in [0.15, 0.2) is 41.3 Å². The lowest BCUT2D eigenvalue weighted by Gasteiger charge is -2.11. The molecule has 0 saturated carbocycles. The number of aryl methyl sites for hydroxylation is 2. The molecule has 116 valence electrons. The van der Waals surface area contributed by atoms with E-state index in [0.29, 0.717) is 11.1 Å². The van der Waals surface area contributed by atoms with Gasteiger partial charge in [0.2, 0.25) is 0 Å². The predicted octanol–water partition coefficient (Wildman–Crippen LogP) is 3.15. The lowest BCUT2D eigenvalue weighted by atomic mass is 10.2. The zero-order chi connectivity index (χ0) is 16.5. The lowest BCUT2D eigenvalue weighted by molar-refractivity contribution is -0.385. The van der Waals surface area contributed by atoms with Crippen molar-refractivity contribution in [2.75, 3.05) is 4.72 Å². The smallest absolute Gasteiger partial charge is 0.273 e. The molecule has 0 radical (unpaired) electrons. The largest absolute Gasteiger partial charge is 0.279 e. The van der Waals surface area contributed by atoms with Gasteiger partial charge in [0.05, 0.1) is 15.5 Å². The van der Waals surface area contributed by atoms with Crippen molar-refractivity contribution in [3.8, 4) is 0 Å². The maximum Gasteiger partial charge on any atom is 0.273 e. The molecule has 0 heterocycles. The Morgan fingerprint density at radius 2 is 1.77 bits per heavy atom. The van der Waals surface area contributed by atoms with Crippen molar-refractivity contribution >= 4 is 21.4 Å². The SMILES string of the molecule is Cc1cc(F)ccc1NS(=O)(=O)c1ccc(C)c([N+](=O)[O-])c1. The van der Waals surface area contributed by atoms with Crippen molar-refractivity contribution in [3.05, 3.63) is 63.5 Å². The van der Waals surface area contributed by atoms with Gasteiger partial charge >= 0.3 is 0 Å². The molecule has 6 nitrogen and oxygen atoms in total. The molecule has 0 bridgehead atoms. The molecule has 0 aliphatic carbocycles. The van der Waals surface area contributed by atoms with Crippen molar-refractivity contribution < 1.29 is 17.7 Å². The summed E-state index contributed by atoms with van der Waals surface area (Å²) in [5.41, 5.74) is 0.704. The van der Waals surface area contributed by atoms with E-state index >= 15 is 0 Å². The number of nitrogens with one attached hydrogen (secondary N) is 1. The van der Waals surface area contributed by atoms with E-state index in [1.165, 1.54) is 31.2 Å². The quantitative estimate of drug-likeness (QED) is 0.691. The normalized spacial score (nSPS) is 11.2. The number of rotatable bonds is 4. The summed E-state index contributed by atoms with van der Waals surface area (Å²) in [6.45, 7) is 3.07. The maximum absolute atomic E-state index is 13.0. The second-order valence-electron chi connectivity index (χ2n) is 4.77. The molecule has 0 saturated heterocycles. The van der Waals surface area contributed by atoms with E-state index in [4.69, 9.17) is 0 Å². The Morgan fingerprint density at radius 3 is 2.36 bits per heavy atom. The van der Waals surface area contributed by atoms with E-state index in [2.05, 4.69) is 4.72 Å². The number of hydrogen-bond donors (Lipinski definition) is 1. The molecular formula is C14H13FN2O4S. The van der Waals surface area contributed by atoms with Crippen LogP contribution in [0.4, 0.5) is 15.8 Å². The second kappa shape index (κ2) is 5.72. The van der Waals surface area contributed by atoms with Crippen LogP contribution in [0.5, 0.6) is 0 Å². The van der Waals surface area contributed by atoms with Crippen LogP contribution in [-0.4, -0.2) is 13.3 Å². The standard InChI is InChI=1S/C14H13FN2O4S/c1-9-3-5-12(8-14(9)17(18)19)22(20,21)16-13-6-4-11(15)7-10(13)2/h3-8,16H,1-2H3. The van der Waals surface area contributed by atoms with Crippen LogP contribution in [0.1, 0.15) is 11.1 Å². The van der Waals surface area contributed by atoms with Gasteiger partial charge in [-0.3, -0.25) is 14.8 Å². The van der Waals surface area contributed by atoms with E-state index in [1.807, 2.05) is 0 Å². The van der Waals surface area contributed by atoms with E-state index in [-0.39, 0.29) is 16.3 Å². The summed E-state index contributed by atoms with van der Waals surface area (Å²) in [6.07, 6.45) is 0. The van der Waals surface area contributed by atoms with E-state index in [0.717, 1.165) is 12.1 Å². The molecule has 2 rings (SSSR count). The van der Waals surface area contributed by atoms with Crippen LogP contribution in [0.3, 0.4) is 0 Å². The molecular weight excluding hydrogens is 311 g/mol. The summed E-state index contributed by atoms with van der Waals surface area (Å²) >= 11 is 0. The Morgan fingerprint density at radius 1 is 1.09 bits per heavy atom. The number of benzene rings is 2. The van der Waals surface area contributed by atoms with E-state index < -0.39 is 20.8 Å². The Balaban J connectivity index is 2.42. The van der Waals surface area contributed by atoms with Gasteiger partial charge in [-0.15, -0.1) is 0 Å². The number of nitro groups is 1. The molecule has 2 aromatic rings. The number of halogens is 1. The molecule has 0 unspecified atom stereocenters. The Kier molecular flexibility index (Phi) is 4.14. The molecule has 22 heavy (non-hydrogen) atoms. The summed E-state index contributed by atoms with van der Waals surface area (Å²) in [6, 6.07) is 7.26. The van der Waals surface area contributed by atoms with Gasteiger partial charge in [0.15, 0.2) is 0 Å². The van der Waals surface area contributed by atoms with Gasteiger partial charge in [0.25, 0.3) is 15.7 Å². The van der Waals surface area contributed by atoms with Crippen molar-refractivity contribution in [1.29, 1.82) is 0 Å². The van der Waals surface area contributed by atoms with Gasteiger partial charge in [-0.25, -0.2) is 12.8 Å². The van der Waals surface area contributed by atoms with Crippen LogP contribution in [0, 0.1) is 29.8 Å². The second-order valence-corrected chi connectivity index (χ2v) is 6.45. The zero-order valence-corrected chi connectivity index (χ0v) is 12.6. The zero-order valence-electron chi connectivity index (χ0n) is 11.8. The minimum absolute atomic E-state index is 0.213. The molecule has 0 amide bonds. The fraction of sp³-hybridized carbons (Fsp3) is 0.143. The van der Waals surface area contributed by atoms with Crippen LogP contribution in [0.25, 0.3) is 0 Å². The van der Waals surface area contributed by atoms with Gasteiger partial charge in [0.1, 0.15) is 5.82 Å². The van der Waals surface area contributed by atoms with Crippen molar-refractivity contribution in [3.63, 3.8) is 0 Å². The summed E-state index contributed by atoms with van der Waals surface area (Å²) < 4.78 is 39.9. The van der Waals surface area contributed by atoms with Crippen LogP contribution in [0.2, 0.25) is 0 Å². The summed E-state index contributed by atoms with van der Waals surface area (Å²) in [5, 5.41) is 10.9. The lowest BCUT2D eigenvalue weighted by Crippen LogP contribution is -2.14. The highest BCUT2D eigenvalue weighted by molar-refractivity contribution is 7.92. The van der Waals surface area contributed by atoms with Gasteiger partial charge in [-0.1, -0.05) is 6.07 Å². The van der Waals surface area contributed by atoms with Crippen LogP contribution < -0.4 is 4.72 Å². The van der Waals surface area contributed by atoms with Gasteiger partial charge in [0, 0.05) is 11.6 Å². The summed E-state index contributed by atoms with van der Waals surface area (Å²) in [4.78, 5) is 10.0.